The lowest BCUT2D eigenvalue weighted by atomic mass is 9.98. The van der Waals surface area contributed by atoms with Crippen LogP contribution in [0.5, 0.6) is 5.75 Å². The standard InChI is InChI=1S/C18H24N4O3/c1-18(12-19,13-4-5-13)21-17(24)11-22(2)10-16(23)20-14-6-8-15(25-3)9-7-14/h6-9,13H,4-5,10-11H2,1-3H3,(H,20,23)(H,21,24)/t18-/m1/s1. The lowest BCUT2D eigenvalue weighted by molar-refractivity contribution is -0.124. The van der Waals surface area contributed by atoms with Crippen LogP contribution in [-0.4, -0.2) is 49.5 Å². The highest BCUT2D eigenvalue weighted by Gasteiger charge is 2.43. The maximum Gasteiger partial charge on any atom is 0.238 e. The third-order valence-electron chi connectivity index (χ3n) is 4.23. The first-order valence-electron chi connectivity index (χ1n) is 8.21. The molecule has 0 radical (unpaired) electrons. The van der Waals surface area contributed by atoms with Gasteiger partial charge in [-0.15, -0.1) is 0 Å². The monoisotopic (exact) mass is 344 g/mol. The number of carbonyl (C=O) groups excluding carboxylic acids is 2. The summed E-state index contributed by atoms with van der Waals surface area (Å²) in [6.45, 7) is 1.88. The zero-order chi connectivity index (χ0) is 18.4. The Hall–Kier alpha value is -2.59. The highest BCUT2D eigenvalue weighted by molar-refractivity contribution is 5.92. The Morgan fingerprint density at radius 2 is 1.88 bits per heavy atom. The van der Waals surface area contributed by atoms with E-state index < -0.39 is 5.54 Å². The average molecular weight is 344 g/mol. The van der Waals surface area contributed by atoms with E-state index in [1.807, 2.05) is 0 Å². The number of ether oxygens (including phenoxy) is 1. The van der Waals surface area contributed by atoms with Crippen molar-refractivity contribution in [2.75, 3.05) is 32.6 Å². The van der Waals surface area contributed by atoms with E-state index in [0.717, 1.165) is 12.8 Å². The first-order chi connectivity index (χ1) is 11.9. The minimum Gasteiger partial charge on any atom is -0.497 e. The van der Waals surface area contributed by atoms with Crippen molar-refractivity contribution in [1.82, 2.24) is 10.2 Å². The molecular formula is C18H24N4O3. The van der Waals surface area contributed by atoms with Crippen molar-refractivity contribution in [3.05, 3.63) is 24.3 Å². The Morgan fingerprint density at radius 3 is 2.40 bits per heavy atom. The van der Waals surface area contributed by atoms with Crippen molar-refractivity contribution in [2.45, 2.75) is 25.3 Å². The van der Waals surface area contributed by atoms with Gasteiger partial charge in [-0.3, -0.25) is 14.5 Å². The summed E-state index contributed by atoms with van der Waals surface area (Å²) in [5, 5.41) is 14.8. The predicted molar refractivity (Wildman–Crippen MR) is 94.0 cm³/mol. The van der Waals surface area contributed by atoms with E-state index >= 15 is 0 Å². The number of nitriles is 1. The van der Waals surface area contributed by atoms with Crippen LogP contribution in [0.1, 0.15) is 19.8 Å². The number of nitrogens with one attached hydrogen (secondary N) is 2. The average Bonchev–Trinajstić information content (AvgIpc) is 3.40. The Morgan fingerprint density at radius 1 is 1.28 bits per heavy atom. The molecule has 7 nitrogen and oxygen atoms in total. The normalized spacial score (nSPS) is 15.8. The van der Waals surface area contributed by atoms with Crippen LogP contribution in [0, 0.1) is 17.2 Å². The molecule has 1 fully saturated rings. The van der Waals surface area contributed by atoms with Crippen LogP contribution in [0.3, 0.4) is 0 Å². The molecule has 2 N–H and O–H groups in total. The number of likely N-dealkylation sites (N-methyl/N-ethyl adjacent to an activating group) is 1. The van der Waals surface area contributed by atoms with Gasteiger partial charge in [-0.05, 0) is 57.0 Å². The quantitative estimate of drug-likeness (QED) is 0.743. The molecule has 7 heteroatoms. The molecule has 2 amide bonds. The molecule has 0 heterocycles. The molecule has 0 saturated heterocycles. The fourth-order valence-electron chi connectivity index (χ4n) is 2.63. The number of anilines is 1. The Bertz CT molecular complexity index is 664. The summed E-state index contributed by atoms with van der Waals surface area (Å²) in [6.07, 6.45) is 1.93. The van der Waals surface area contributed by atoms with E-state index in [1.165, 1.54) is 0 Å². The number of methoxy groups -OCH3 is 1. The molecule has 1 aromatic rings. The van der Waals surface area contributed by atoms with E-state index in [2.05, 4.69) is 16.7 Å². The zero-order valence-corrected chi connectivity index (χ0v) is 14.8. The van der Waals surface area contributed by atoms with Gasteiger partial charge in [0.1, 0.15) is 11.3 Å². The maximum atomic E-state index is 12.1. The highest BCUT2D eigenvalue weighted by Crippen LogP contribution is 2.39. The number of amides is 2. The van der Waals surface area contributed by atoms with Gasteiger partial charge in [-0.25, -0.2) is 0 Å². The van der Waals surface area contributed by atoms with Gasteiger partial charge >= 0.3 is 0 Å². The molecular weight excluding hydrogens is 320 g/mol. The third kappa shape index (κ3) is 5.47. The molecule has 0 aliphatic heterocycles. The Labute approximate surface area is 147 Å². The summed E-state index contributed by atoms with van der Waals surface area (Å²) in [7, 11) is 3.27. The topological polar surface area (TPSA) is 94.5 Å². The van der Waals surface area contributed by atoms with Crippen LogP contribution in [0.25, 0.3) is 0 Å². The number of hydrogen-bond acceptors (Lipinski definition) is 5. The summed E-state index contributed by atoms with van der Waals surface area (Å²) in [5.41, 5.74) is -0.155. The molecule has 0 aromatic heterocycles. The fourth-order valence-corrected chi connectivity index (χ4v) is 2.63. The molecule has 2 rings (SSSR count). The van der Waals surface area contributed by atoms with Gasteiger partial charge in [0.05, 0.1) is 26.3 Å². The SMILES string of the molecule is COc1ccc(NC(=O)CN(C)CC(=O)N[C@](C)(C#N)C2CC2)cc1. The minimum absolute atomic E-state index is 0.0556. The number of carbonyl (C=O) groups is 2. The third-order valence-corrected chi connectivity index (χ3v) is 4.23. The molecule has 1 aliphatic carbocycles. The molecule has 134 valence electrons. The van der Waals surface area contributed by atoms with Crippen LogP contribution in [0.2, 0.25) is 0 Å². The van der Waals surface area contributed by atoms with Crippen LogP contribution in [-0.2, 0) is 9.59 Å². The largest absolute Gasteiger partial charge is 0.497 e. The van der Waals surface area contributed by atoms with E-state index in [0.29, 0.717) is 11.4 Å². The first-order valence-corrected chi connectivity index (χ1v) is 8.21. The molecule has 1 saturated carbocycles. The summed E-state index contributed by atoms with van der Waals surface area (Å²) >= 11 is 0. The van der Waals surface area contributed by atoms with Crippen molar-refractivity contribution < 1.29 is 14.3 Å². The second-order valence-electron chi connectivity index (χ2n) is 6.59. The van der Waals surface area contributed by atoms with Gasteiger partial charge in [-0.1, -0.05) is 0 Å². The van der Waals surface area contributed by atoms with Crippen LogP contribution < -0.4 is 15.4 Å². The number of rotatable bonds is 8. The molecule has 1 aliphatic rings. The fraction of sp³-hybridized carbons (Fsp3) is 0.500. The lowest BCUT2D eigenvalue weighted by Gasteiger charge is -2.24. The van der Waals surface area contributed by atoms with Crippen molar-refractivity contribution in [2.24, 2.45) is 5.92 Å². The zero-order valence-electron chi connectivity index (χ0n) is 14.8. The maximum absolute atomic E-state index is 12.1. The molecule has 0 spiro atoms. The van der Waals surface area contributed by atoms with Crippen LogP contribution in [0.4, 0.5) is 5.69 Å². The van der Waals surface area contributed by atoms with E-state index in [1.54, 1.807) is 50.2 Å². The van der Waals surface area contributed by atoms with Gasteiger partial charge in [0.25, 0.3) is 0 Å². The van der Waals surface area contributed by atoms with Crippen molar-refractivity contribution in [1.29, 1.82) is 5.26 Å². The molecule has 0 unspecified atom stereocenters. The van der Waals surface area contributed by atoms with Gasteiger partial charge < -0.3 is 15.4 Å². The van der Waals surface area contributed by atoms with E-state index in [4.69, 9.17) is 4.74 Å². The lowest BCUT2D eigenvalue weighted by Crippen LogP contribution is -2.50. The summed E-state index contributed by atoms with van der Waals surface area (Å²) < 4.78 is 5.06. The van der Waals surface area contributed by atoms with E-state index in [9.17, 15) is 14.9 Å². The van der Waals surface area contributed by atoms with E-state index in [-0.39, 0.29) is 30.8 Å². The van der Waals surface area contributed by atoms with Crippen LogP contribution >= 0.6 is 0 Å². The second-order valence-corrected chi connectivity index (χ2v) is 6.59. The minimum atomic E-state index is -0.816. The molecule has 25 heavy (non-hydrogen) atoms. The van der Waals surface area contributed by atoms with Gasteiger partial charge in [-0.2, -0.15) is 5.26 Å². The summed E-state index contributed by atoms with van der Waals surface area (Å²) in [4.78, 5) is 25.8. The summed E-state index contributed by atoms with van der Waals surface area (Å²) in [6, 6.07) is 9.20. The number of benzene rings is 1. The number of hydrogen-bond donors (Lipinski definition) is 2. The molecule has 1 atom stereocenters. The predicted octanol–water partition coefficient (Wildman–Crippen LogP) is 1.37. The smallest absolute Gasteiger partial charge is 0.238 e. The van der Waals surface area contributed by atoms with Crippen molar-refractivity contribution in [3.63, 3.8) is 0 Å². The first kappa shape index (κ1) is 18.7. The van der Waals surface area contributed by atoms with Gasteiger partial charge in [0.15, 0.2) is 0 Å². The Kier molecular flexibility index (Phi) is 5.99. The van der Waals surface area contributed by atoms with Crippen molar-refractivity contribution in [3.8, 4) is 11.8 Å². The molecule has 0 bridgehead atoms. The summed E-state index contributed by atoms with van der Waals surface area (Å²) in [5.74, 6) is 0.467. The van der Waals surface area contributed by atoms with Gasteiger partial charge in [0, 0.05) is 5.69 Å². The highest BCUT2D eigenvalue weighted by atomic mass is 16.5. The van der Waals surface area contributed by atoms with Gasteiger partial charge in [0.2, 0.25) is 11.8 Å². The van der Waals surface area contributed by atoms with Crippen LogP contribution in [0.15, 0.2) is 24.3 Å². The van der Waals surface area contributed by atoms with Crippen molar-refractivity contribution >= 4 is 17.5 Å². The second kappa shape index (κ2) is 7.99. The number of nitrogens with zero attached hydrogens (tertiary/aromatic N) is 2. The Balaban J connectivity index is 1.78. The molecule has 1 aromatic carbocycles.